The first kappa shape index (κ1) is 35.6. The second-order valence-electron chi connectivity index (χ2n) is 14.9. The van der Waals surface area contributed by atoms with Crippen molar-refractivity contribution in [1.82, 2.24) is 4.57 Å². The number of rotatable bonds is 8. The van der Waals surface area contributed by atoms with Crippen molar-refractivity contribution in [3.63, 3.8) is 0 Å². The average Bonchev–Trinajstić information content (AvgIpc) is 3.62. The van der Waals surface area contributed by atoms with E-state index in [1.165, 1.54) is 26.9 Å². The zero-order valence-corrected chi connectivity index (χ0v) is 32.5. The van der Waals surface area contributed by atoms with Gasteiger partial charge in [-0.25, -0.2) is 0 Å². The van der Waals surface area contributed by atoms with Crippen LogP contribution in [0.5, 0.6) is 0 Å². The summed E-state index contributed by atoms with van der Waals surface area (Å²) in [6.07, 6.45) is 10.4. The SMILES string of the molecule is C=N/C(=C\C(=NCc1ccc2ccccc2c1)c1ccc2ccccc2c1)c1cc(N2/C=C\C=C/C(=C)c3ccccc32)cc(-n2c3ccccc3c3ccccc32)c1. The number of aliphatic imine (C=N–C) groups is 2. The number of aromatic nitrogens is 1. The summed E-state index contributed by atoms with van der Waals surface area (Å²) in [7, 11) is 0. The van der Waals surface area contributed by atoms with Crippen LogP contribution in [0.1, 0.15) is 22.3 Å². The second kappa shape index (κ2) is 15.3. The standard InChI is InChI=1S/C55H40N4/c1-38-15-13-14-30-58(53-23-10-7-20-48(38)53)46-33-45(34-47(35-46)59-54-24-11-8-21-49(54)50-22-9-12-25-55(50)59)51(56-2)36-52(44-29-28-41-17-4-6-19-43(41)32-44)57-37-39-26-27-40-16-3-5-18-42(40)31-39/h3-36H,1-2,37H2/b15-13-,30-14-,51-36-,57-52?. The third kappa shape index (κ3) is 6.77. The molecule has 0 atom stereocenters. The van der Waals surface area contributed by atoms with E-state index < -0.39 is 0 Å². The zero-order chi connectivity index (χ0) is 39.7. The Hall–Kier alpha value is -7.82. The lowest BCUT2D eigenvalue weighted by Crippen LogP contribution is -2.12. The van der Waals surface area contributed by atoms with Crippen molar-refractivity contribution in [3.8, 4) is 5.69 Å². The predicted molar refractivity (Wildman–Crippen MR) is 252 cm³/mol. The quantitative estimate of drug-likeness (QED) is 0.142. The van der Waals surface area contributed by atoms with Crippen LogP contribution in [0.15, 0.2) is 223 Å². The summed E-state index contributed by atoms with van der Waals surface area (Å²) in [5.41, 5.74) is 11.9. The lowest BCUT2D eigenvalue weighted by Gasteiger charge is -2.26. The molecule has 0 spiro atoms. The molecule has 2 heterocycles. The maximum atomic E-state index is 5.33. The first-order valence-electron chi connectivity index (χ1n) is 19.9. The maximum Gasteiger partial charge on any atom is 0.0717 e. The lowest BCUT2D eigenvalue weighted by molar-refractivity contribution is 1.07. The summed E-state index contributed by atoms with van der Waals surface area (Å²) in [6, 6.07) is 62.3. The van der Waals surface area contributed by atoms with Gasteiger partial charge in [0.15, 0.2) is 0 Å². The molecule has 9 aromatic rings. The number of hydrogen-bond acceptors (Lipinski definition) is 3. The smallest absolute Gasteiger partial charge is 0.0717 e. The second-order valence-corrected chi connectivity index (χ2v) is 14.9. The highest BCUT2D eigenvalue weighted by Crippen LogP contribution is 2.39. The summed E-state index contributed by atoms with van der Waals surface area (Å²) < 4.78 is 2.36. The van der Waals surface area contributed by atoms with Crippen molar-refractivity contribution in [2.75, 3.05) is 4.90 Å². The van der Waals surface area contributed by atoms with Gasteiger partial charge in [0.2, 0.25) is 0 Å². The van der Waals surface area contributed by atoms with Gasteiger partial charge in [0, 0.05) is 45.0 Å². The van der Waals surface area contributed by atoms with Gasteiger partial charge in [0.1, 0.15) is 0 Å². The van der Waals surface area contributed by atoms with E-state index in [0.29, 0.717) is 12.2 Å². The Morgan fingerprint density at radius 3 is 1.93 bits per heavy atom. The minimum absolute atomic E-state index is 0.507. The van der Waals surface area contributed by atoms with Crippen LogP contribution in [-0.2, 0) is 6.54 Å². The first-order chi connectivity index (χ1) is 29.1. The monoisotopic (exact) mass is 756 g/mol. The summed E-state index contributed by atoms with van der Waals surface area (Å²) >= 11 is 0. The third-order valence-electron chi connectivity index (χ3n) is 11.2. The molecule has 8 aromatic carbocycles. The van der Waals surface area contributed by atoms with Gasteiger partial charge in [-0.1, -0.05) is 146 Å². The van der Waals surface area contributed by atoms with Gasteiger partial charge in [0.25, 0.3) is 0 Å². The number of para-hydroxylation sites is 3. The number of fused-ring (bicyclic) bond motifs is 6. The van der Waals surface area contributed by atoms with Crippen molar-refractivity contribution >= 4 is 78.4 Å². The van der Waals surface area contributed by atoms with Crippen molar-refractivity contribution in [3.05, 3.63) is 235 Å². The van der Waals surface area contributed by atoms with Crippen molar-refractivity contribution in [2.45, 2.75) is 6.54 Å². The highest BCUT2D eigenvalue weighted by atomic mass is 15.1. The molecule has 0 N–H and O–H groups in total. The largest absolute Gasteiger partial charge is 0.316 e. The molecule has 0 radical (unpaired) electrons. The number of allylic oxidation sites excluding steroid dienone is 5. The summed E-state index contributed by atoms with van der Waals surface area (Å²) in [6.45, 7) is 9.08. The van der Waals surface area contributed by atoms with Gasteiger partial charge in [0.05, 0.1) is 34.7 Å². The van der Waals surface area contributed by atoms with Gasteiger partial charge in [-0.2, -0.15) is 0 Å². The summed E-state index contributed by atoms with van der Waals surface area (Å²) in [5, 5.41) is 7.14. The molecule has 0 aliphatic carbocycles. The minimum atomic E-state index is 0.507. The lowest BCUT2D eigenvalue weighted by atomic mass is 10.00. The fourth-order valence-electron chi connectivity index (χ4n) is 8.30. The summed E-state index contributed by atoms with van der Waals surface area (Å²) in [4.78, 5) is 12.3. The van der Waals surface area contributed by atoms with E-state index in [0.717, 1.165) is 67.0 Å². The number of anilines is 2. The van der Waals surface area contributed by atoms with Crippen LogP contribution in [0, 0.1) is 0 Å². The van der Waals surface area contributed by atoms with E-state index in [2.05, 4.69) is 223 Å². The molecule has 0 amide bonds. The fourth-order valence-corrected chi connectivity index (χ4v) is 8.30. The molecule has 1 aliphatic rings. The Bertz CT molecular complexity index is 3190. The Balaban J connectivity index is 1.19. The molecule has 280 valence electrons. The van der Waals surface area contributed by atoms with E-state index in [1.54, 1.807) is 0 Å². The van der Waals surface area contributed by atoms with Crippen LogP contribution < -0.4 is 4.90 Å². The molecule has 0 bridgehead atoms. The van der Waals surface area contributed by atoms with E-state index in [9.17, 15) is 0 Å². The van der Waals surface area contributed by atoms with Gasteiger partial charge in [-0.15, -0.1) is 0 Å². The van der Waals surface area contributed by atoms with Crippen LogP contribution in [0.3, 0.4) is 0 Å². The average molecular weight is 757 g/mol. The molecule has 10 rings (SSSR count). The molecule has 0 saturated carbocycles. The number of nitrogens with zero attached hydrogens (tertiary/aromatic N) is 4. The van der Waals surface area contributed by atoms with Gasteiger partial charge < -0.3 is 9.47 Å². The van der Waals surface area contributed by atoms with Crippen LogP contribution in [0.25, 0.3) is 60.3 Å². The molecule has 59 heavy (non-hydrogen) atoms. The Labute approximate surface area is 344 Å². The molecule has 0 fully saturated rings. The molecule has 0 saturated heterocycles. The van der Waals surface area contributed by atoms with Gasteiger partial charge in [-0.05, 0) is 100 Å². The Kier molecular flexibility index (Phi) is 9.20. The van der Waals surface area contributed by atoms with E-state index >= 15 is 0 Å². The molecule has 1 aliphatic heterocycles. The van der Waals surface area contributed by atoms with Crippen LogP contribution in [0.4, 0.5) is 11.4 Å². The molecule has 4 nitrogen and oxygen atoms in total. The molecule has 1 aromatic heterocycles. The van der Waals surface area contributed by atoms with Crippen molar-refractivity contribution < 1.29 is 0 Å². The first-order valence-corrected chi connectivity index (χ1v) is 19.9. The number of hydrogen-bond donors (Lipinski definition) is 0. The Morgan fingerprint density at radius 1 is 0.559 bits per heavy atom. The molecule has 0 unspecified atom stereocenters. The van der Waals surface area contributed by atoms with Gasteiger partial charge >= 0.3 is 0 Å². The van der Waals surface area contributed by atoms with E-state index in [1.807, 2.05) is 6.08 Å². The Morgan fingerprint density at radius 2 is 1.19 bits per heavy atom. The highest BCUT2D eigenvalue weighted by Gasteiger charge is 2.19. The van der Waals surface area contributed by atoms with Crippen LogP contribution in [0.2, 0.25) is 0 Å². The maximum absolute atomic E-state index is 5.33. The predicted octanol–water partition coefficient (Wildman–Crippen LogP) is 14.1. The van der Waals surface area contributed by atoms with Crippen molar-refractivity contribution in [2.24, 2.45) is 9.98 Å². The third-order valence-corrected chi connectivity index (χ3v) is 11.2. The van der Waals surface area contributed by atoms with Crippen LogP contribution >= 0.6 is 0 Å². The molecular weight excluding hydrogens is 717 g/mol. The minimum Gasteiger partial charge on any atom is -0.316 e. The number of benzene rings is 8. The topological polar surface area (TPSA) is 32.9 Å². The normalized spacial score (nSPS) is 14.4. The van der Waals surface area contributed by atoms with E-state index in [4.69, 9.17) is 9.98 Å². The van der Waals surface area contributed by atoms with E-state index in [-0.39, 0.29) is 0 Å². The van der Waals surface area contributed by atoms with Crippen molar-refractivity contribution in [1.29, 1.82) is 0 Å². The molecule has 4 heteroatoms. The fraction of sp³-hybridized carbons (Fsp3) is 0.0182. The highest BCUT2D eigenvalue weighted by molar-refractivity contribution is 6.14. The zero-order valence-electron chi connectivity index (χ0n) is 32.5. The van der Waals surface area contributed by atoms with Gasteiger partial charge in [-0.3, -0.25) is 9.98 Å². The molecular formula is C55H40N4. The summed E-state index contributed by atoms with van der Waals surface area (Å²) in [5.74, 6) is 0. The van der Waals surface area contributed by atoms with Crippen LogP contribution in [-0.4, -0.2) is 17.0 Å².